The Hall–Kier alpha value is -2.14. The SMILES string of the molecule is N#Cc1cccc(CNCC(O)(c2ccc(Cl)cc2)C(F)(F)F)n1. The van der Waals surface area contributed by atoms with E-state index >= 15 is 0 Å². The Kier molecular flexibility index (Phi) is 5.44. The molecule has 0 bridgehead atoms. The fourth-order valence-electron chi connectivity index (χ4n) is 2.10. The number of alkyl halides is 3. The van der Waals surface area contributed by atoms with Crippen LogP contribution in [0.1, 0.15) is 17.0 Å². The molecule has 24 heavy (non-hydrogen) atoms. The van der Waals surface area contributed by atoms with Crippen LogP contribution in [-0.2, 0) is 12.1 Å². The summed E-state index contributed by atoms with van der Waals surface area (Å²) in [6.45, 7) is -0.794. The number of aliphatic hydroxyl groups is 1. The van der Waals surface area contributed by atoms with Gasteiger partial charge in [-0.05, 0) is 29.8 Å². The number of nitrogens with one attached hydrogen (secondary N) is 1. The van der Waals surface area contributed by atoms with Crippen LogP contribution in [0.15, 0.2) is 42.5 Å². The van der Waals surface area contributed by atoms with E-state index in [2.05, 4.69) is 10.3 Å². The summed E-state index contributed by atoms with van der Waals surface area (Å²) in [7, 11) is 0. The maximum Gasteiger partial charge on any atom is 0.422 e. The molecular formula is C16H13ClF3N3O. The molecule has 0 aliphatic carbocycles. The zero-order valence-corrected chi connectivity index (χ0v) is 13.1. The van der Waals surface area contributed by atoms with Gasteiger partial charge in [0.15, 0.2) is 5.60 Å². The number of benzene rings is 1. The first kappa shape index (κ1) is 18.2. The third-order valence-corrected chi connectivity index (χ3v) is 3.65. The van der Waals surface area contributed by atoms with Gasteiger partial charge in [-0.1, -0.05) is 29.8 Å². The normalized spacial score (nSPS) is 14.0. The summed E-state index contributed by atoms with van der Waals surface area (Å²) in [4.78, 5) is 3.95. The molecule has 4 nitrogen and oxygen atoms in total. The zero-order chi connectivity index (χ0) is 17.8. The van der Waals surface area contributed by atoms with E-state index in [1.807, 2.05) is 6.07 Å². The van der Waals surface area contributed by atoms with Gasteiger partial charge in [0.2, 0.25) is 0 Å². The van der Waals surface area contributed by atoms with Crippen LogP contribution in [0, 0.1) is 11.3 Å². The summed E-state index contributed by atoms with van der Waals surface area (Å²) >= 11 is 5.68. The van der Waals surface area contributed by atoms with Crippen LogP contribution in [0.4, 0.5) is 13.2 Å². The molecule has 0 saturated carbocycles. The highest BCUT2D eigenvalue weighted by molar-refractivity contribution is 6.30. The van der Waals surface area contributed by atoms with E-state index in [-0.39, 0.29) is 22.8 Å². The molecule has 1 unspecified atom stereocenters. The molecular weight excluding hydrogens is 343 g/mol. The molecule has 1 aromatic heterocycles. The largest absolute Gasteiger partial charge is 0.422 e. The molecule has 0 aliphatic heterocycles. The third-order valence-electron chi connectivity index (χ3n) is 3.40. The number of nitriles is 1. The lowest BCUT2D eigenvalue weighted by atomic mass is 9.93. The van der Waals surface area contributed by atoms with Crippen LogP contribution >= 0.6 is 11.6 Å². The zero-order valence-electron chi connectivity index (χ0n) is 12.3. The first-order chi connectivity index (χ1) is 11.3. The first-order valence-corrected chi connectivity index (χ1v) is 7.26. The summed E-state index contributed by atoms with van der Waals surface area (Å²) in [5, 5.41) is 21.8. The van der Waals surface area contributed by atoms with Crippen LogP contribution < -0.4 is 5.32 Å². The van der Waals surface area contributed by atoms with Crippen molar-refractivity contribution in [3.63, 3.8) is 0 Å². The molecule has 2 aromatic rings. The van der Waals surface area contributed by atoms with Crippen molar-refractivity contribution in [1.29, 1.82) is 5.26 Å². The molecule has 1 aromatic carbocycles. The van der Waals surface area contributed by atoms with E-state index in [0.29, 0.717) is 5.69 Å². The molecule has 0 amide bonds. The predicted molar refractivity (Wildman–Crippen MR) is 82.1 cm³/mol. The van der Waals surface area contributed by atoms with Crippen LogP contribution in [0.25, 0.3) is 0 Å². The maximum absolute atomic E-state index is 13.4. The van der Waals surface area contributed by atoms with Crippen molar-refractivity contribution in [2.24, 2.45) is 0 Å². The molecule has 0 saturated heterocycles. The highest BCUT2D eigenvalue weighted by atomic mass is 35.5. The van der Waals surface area contributed by atoms with Gasteiger partial charge in [0.05, 0.1) is 5.69 Å². The van der Waals surface area contributed by atoms with Crippen molar-refractivity contribution in [2.45, 2.75) is 18.3 Å². The second-order valence-corrected chi connectivity index (χ2v) is 5.53. The van der Waals surface area contributed by atoms with Gasteiger partial charge in [-0.3, -0.25) is 0 Å². The van der Waals surface area contributed by atoms with Crippen molar-refractivity contribution in [1.82, 2.24) is 10.3 Å². The lowest BCUT2D eigenvalue weighted by molar-refractivity contribution is -0.264. The topological polar surface area (TPSA) is 68.9 Å². The molecule has 2 rings (SSSR count). The molecule has 0 aliphatic rings. The molecule has 0 spiro atoms. The Bertz CT molecular complexity index is 743. The van der Waals surface area contributed by atoms with E-state index in [9.17, 15) is 18.3 Å². The Morgan fingerprint density at radius 1 is 1.17 bits per heavy atom. The quantitative estimate of drug-likeness (QED) is 0.864. The Labute approximate surface area is 141 Å². The Morgan fingerprint density at radius 2 is 1.83 bits per heavy atom. The Morgan fingerprint density at radius 3 is 2.42 bits per heavy atom. The van der Waals surface area contributed by atoms with Crippen LogP contribution in [0.5, 0.6) is 0 Å². The van der Waals surface area contributed by atoms with E-state index in [1.54, 1.807) is 12.1 Å². The van der Waals surface area contributed by atoms with E-state index in [0.717, 1.165) is 12.1 Å². The van der Waals surface area contributed by atoms with Gasteiger partial charge in [0.25, 0.3) is 0 Å². The van der Waals surface area contributed by atoms with Gasteiger partial charge in [-0.2, -0.15) is 18.4 Å². The van der Waals surface area contributed by atoms with Crippen LogP contribution in [0.3, 0.4) is 0 Å². The summed E-state index contributed by atoms with van der Waals surface area (Å²) < 4.78 is 40.1. The summed E-state index contributed by atoms with van der Waals surface area (Å²) in [6, 6.07) is 11.3. The molecule has 1 atom stereocenters. The van der Waals surface area contributed by atoms with E-state index in [4.69, 9.17) is 16.9 Å². The molecule has 126 valence electrons. The fourth-order valence-corrected chi connectivity index (χ4v) is 2.23. The number of rotatable bonds is 5. The minimum Gasteiger partial charge on any atom is -0.375 e. The molecule has 1 heterocycles. The predicted octanol–water partition coefficient (Wildman–Crippen LogP) is 3.15. The smallest absolute Gasteiger partial charge is 0.375 e. The highest BCUT2D eigenvalue weighted by Gasteiger charge is 2.54. The number of pyridine rings is 1. The third kappa shape index (κ3) is 4.03. The van der Waals surface area contributed by atoms with Gasteiger partial charge in [0, 0.05) is 18.1 Å². The number of halogens is 4. The van der Waals surface area contributed by atoms with Crippen molar-refractivity contribution in [3.05, 3.63) is 64.4 Å². The number of aromatic nitrogens is 1. The average molecular weight is 356 g/mol. The molecule has 0 fully saturated rings. The summed E-state index contributed by atoms with van der Waals surface area (Å²) in [5.74, 6) is 0. The van der Waals surface area contributed by atoms with Crippen molar-refractivity contribution in [2.75, 3.05) is 6.54 Å². The fraction of sp³-hybridized carbons (Fsp3) is 0.250. The average Bonchev–Trinajstić information content (AvgIpc) is 2.54. The number of nitrogens with zero attached hydrogens (tertiary/aromatic N) is 2. The molecule has 2 N–H and O–H groups in total. The van der Waals surface area contributed by atoms with Crippen LogP contribution in [0.2, 0.25) is 5.02 Å². The minimum absolute atomic E-state index is 0.0263. The highest BCUT2D eigenvalue weighted by Crippen LogP contribution is 2.38. The van der Waals surface area contributed by atoms with Gasteiger partial charge in [-0.25, -0.2) is 4.98 Å². The Balaban J connectivity index is 2.15. The van der Waals surface area contributed by atoms with Gasteiger partial charge in [0.1, 0.15) is 11.8 Å². The summed E-state index contributed by atoms with van der Waals surface area (Å²) in [6.07, 6.45) is -4.88. The first-order valence-electron chi connectivity index (χ1n) is 6.88. The second-order valence-electron chi connectivity index (χ2n) is 5.09. The van der Waals surface area contributed by atoms with Crippen molar-refractivity contribution in [3.8, 4) is 6.07 Å². The number of hydrogen-bond donors (Lipinski definition) is 2. The van der Waals surface area contributed by atoms with Crippen molar-refractivity contribution < 1.29 is 18.3 Å². The van der Waals surface area contributed by atoms with E-state index in [1.165, 1.54) is 18.2 Å². The summed E-state index contributed by atoms with van der Waals surface area (Å²) in [5.41, 5.74) is -2.82. The minimum atomic E-state index is -4.88. The standard InChI is InChI=1S/C16H13ClF3N3O/c17-12-6-4-11(5-7-12)15(24,16(18,19)20)10-22-9-14-3-1-2-13(8-21)23-14/h1-7,22,24H,9-10H2. The van der Waals surface area contributed by atoms with Gasteiger partial charge >= 0.3 is 6.18 Å². The molecule has 0 radical (unpaired) electrons. The monoisotopic (exact) mass is 355 g/mol. The lowest BCUT2D eigenvalue weighted by Gasteiger charge is -2.31. The van der Waals surface area contributed by atoms with Gasteiger partial charge in [-0.15, -0.1) is 0 Å². The lowest BCUT2D eigenvalue weighted by Crippen LogP contribution is -2.49. The van der Waals surface area contributed by atoms with Crippen LogP contribution in [-0.4, -0.2) is 22.8 Å². The number of hydrogen-bond acceptors (Lipinski definition) is 4. The molecule has 8 heteroatoms. The maximum atomic E-state index is 13.4. The van der Waals surface area contributed by atoms with Gasteiger partial charge < -0.3 is 10.4 Å². The second kappa shape index (κ2) is 7.18. The van der Waals surface area contributed by atoms with Crippen molar-refractivity contribution >= 4 is 11.6 Å². The van der Waals surface area contributed by atoms with E-state index < -0.39 is 18.3 Å².